The fourth-order valence-corrected chi connectivity index (χ4v) is 4.94. The SMILES string of the molecule is Cc1ccc2c(c1)C[C@@]1(CN2C)C(=O)NC(=O)N(C2CCCCCC2)C1=O. The Kier molecular flexibility index (Phi) is 4.44. The first kappa shape index (κ1) is 18.0. The molecule has 0 aromatic heterocycles. The fourth-order valence-electron chi connectivity index (χ4n) is 4.94. The number of nitrogens with one attached hydrogen (secondary N) is 1. The molecule has 1 aromatic carbocycles. The molecule has 2 aliphatic heterocycles. The molecule has 4 rings (SSSR count). The van der Waals surface area contributed by atoms with Crippen LogP contribution in [0.4, 0.5) is 10.5 Å². The van der Waals surface area contributed by atoms with E-state index in [0.29, 0.717) is 13.0 Å². The third-order valence-corrected chi connectivity index (χ3v) is 6.34. The van der Waals surface area contributed by atoms with E-state index in [9.17, 15) is 14.4 Å². The summed E-state index contributed by atoms with van der Waals surface area (Å²) in [5.41, 5.74) is 1.90. The zero-order chi connectivity index (χ0) is 19.2. The summed E-state index contributed by atoms with van der Waals surface area (Å²) in [4.78, 5) is 42.5. The fraction of sp³-hybridized carbons (Fsp3) is 0.571. The van der Waals surface area contributed by atoms with Gasteiger partial charge in [-0.1, -0.05) is 43.4 Å². The first-order valence-corrected chi connectivity index (χ1v) is 9.92. The van der Waals surface area contributed by atoms with Crippen molar-refractivity contribution in [3.63, 3.8) is 0 Å². The number of nitrogens with zero attached hydrogens (tertiary/aromatic N) is 2. The van der Waals surface area contributed by atoms with Gasteiger partial charge in [0.25, 0.3) is 0 Å². The number of amides is 4. The van der Waals surface area contributed by atoms with E-state index < -0.39 is 17.4 Å². The maximum absolute atomic E-state index is 13.6. The van der Waals surface area contributed by atoms with E-state index in [1.54, 1.807) is 0 Å². The summed E-state index contributed by atoms with van der Waals surface area (Å²) in [5, 5.41) is 2.50. The molecule has 6 nitrogen and oxygen atoms in total. The molecular formula is C21H27N3O3. The molecule has 1 saturated carbocycles. The predicted molar refractivity (Wildman–Crippen MR) is 102 cm³/mol. The van der Waals surface area contributed by atoms with Gasteiger partial charge in [-0.15, -0.1) is 0 Å². The Morgan fingerprint density at radius 3 is 2.48 bits per heavy atom. The second-order valence-electron chi connectivity index (χ2n) is 8.33. The van der Waals surface area contributed by atoms with E-state index in [-0.39, 0.29) is 11.9 Å². The van der Waals surface area contributed by atoms with Crippen LogP contribution in [0, 0.1) is 12.3 Å². The van der Waals surface area contributed by atoms with Gasteiger partial charge in [0.1, 0.15) is 5.41 Å². The highest BCUT2D eigenvalue weighted by molar-refractivity contribution is 6.20. The van der Waals surface area contributed by atoms with Gasteiger partial charge in [-0.3, -0.25) is 19.8 Å². The van der Waals surface area contributed by atoms with Crippen LogP contribution in [0.5, 0.6) is 0 Å². The van der Waals surface area contributed by atoms with Crippen LogP contribution >= 0.6 is 0 Å². The molecule has 2 fully saturated rings. The maximum atomic E-state index is 13.6. The second-order valence-corrected chi connectivity index (χ2v) is 8.33. The molecule has 3 aliphatic rings. The van der Waals surface area contributed by atoms with E-state index >= 15 is 0 Å². The van der Waals surface area contributed by atoms with Gasteiger partial charge in [-0.05, 0) is 37.8 Å². The summed E-state index contributed by atoms with van der Waals surface area (Å²) in [6.07, 6.45) is 6.31. The summed E-state index contributed by atoms with van der Waals surface area (Å²) < 4.78 is 0. The molecule has 2 heterocycles. The zero-order valence-electron chi connectivity index (χ0n) is 16.1. The Balaban J connectivity index is 1.72. The zero-order valence-corrected chi connectivity index (χ0v) is 16.1. The lowest BCUT2D eigenvalue weighted by molar-refractivity contribution is -0.152. The number of carbonyl (C=O) groups excluding carboxylic acids is 3. The van der Waals surface area contributed by atoms with E-state index in [1.165, 1.54) is 4.90 Å². The van der Waals surface area contributed by atoms with Crippen LogP contribution in [0.25, 0.3) is 0 Å². The molecule has 6 heteroatoms. The molecule has 0 unspecified atom stereocenters. The smallest absolute Gasteiger partial charge is 0.331 e. The maximum Gasteiger partial charge on any atom is 0.331 e. The Morgan fingerprint density at radius 1 is 1.07 bits per heavy atom. The van der Waals surface area contributed by atoms with Crippen molar-refractivity contribution < 1.29 is 14.4 Å². The number of benzene rings is 1. The molecule has 4 amide bonds. The summed E-state index contributed by atoms with van der Waals surface area (Å²) in [5.74, 6) is -0.775. The Hall–Kier alpha value is -2.37. The topological polar surface area (TPSA) is 69.7 Å². The highest BCUT2D eigenvalue weighted by atomic mass is 16.2. The first-order valence-electron chi connectivity index (χ1n) is 9.92. The van der Waals surface area contributed by atoms with Crippen LogP contribution in [0.3, 0.4) is 0 Å². The largest absolute Gasteiger partial charge is 0.373 e. The van der Waals surface area contributed by atoms with Gasteiger partial charge in [0.05, 0.1) is 0 Å². The first-order chi connectivity index (χ1) is 12.9. The van der Waals surface area contributed by atoms with E-state index in [1.807, 2.05) is 37.1 Å². The van der Waals surface area contributed by atoms with E-state index in [2.05, 4.69) is 5.32 Å². The Bertz CT molecular complexity index is 798. The van der Waals surface area contributed by atoms with Gasteiger partial charge in [0.15, 0.2) is 0 Å². The van der Waals surface area contributed by atoms with Crippen molar-refractivity contribution in [2.24, 2.45) is 5.41 Å². The summed E-state index contributed by atoms with van der Waals surface area (Å²) >= 11 is 0. The highest BCUT2D eigenvalue weighted by Gasteiger charge is 2.57. The number of hydrogen-bond acceptors (Lipinski definition) is 4. The highest BCUT2D eigenvalue weighted by Crippen LogP contribution is 2.40. The van der Waals surface area contributed by atoms with Gasteiger partial charge >= 0.3 is 6.03 Å². The summed E-state index contributed by atoms with van der Waals surface area (Å²) in [7, 11) is 1.90. The minimum atomic E-state index is -1.23. The summed E-state index contributed by atoms with van der Waals surface area (Å²) in [6.45, 7) is 2.30. The van der Waals surface area contributed by atoms with Crippen LogP contribution in [-0.2, 0) is 16.0 Å². The minimum Gasteiger partial charge on any atom is -0.373 e. The molecule has 1 aliphatic carbocycles. The van der Waals surface area contributed by atoms with Gasteiger partial charge in [0.2, 0.25) is 11.8 Å². The molecule has 0 radical (unpaired) electrons. The standard InChI is InChI=1S/C21H27N3O3/c1-14-9-10-17-15(11-14)12-21(13-23(17)2)18(25)22-20(27)24(19(21)26)16-7-5-3-4-6-8-16/h9-11,16H,3-8,12-13H2,1-2H3,(H,22,25,27)/t21-/m1/s1. The molecule has 1 aromatic rings. The van der Waals surface area contributed by atoms with Crippen molar-refractivity contribution in [2.75, 3.05) is 18.5 Å². The second kappa shape index (κ2) is 6.66. The third kappa shape index (κ3) is 2.91. The normalized spacial score (nSPS) is 26.8. The lowest BCUT2D eigenvalue weighted by atomic mass is 9.74. The molecule has 1 saturated heterocycles. The number of carbonyl (C=O) groups is 3. The number of anilines is 1. The molecule has 1 spiro atoms. The number of imide groups is 2. The average molecular weight is 369 g/mol. The molecule has 27 heavy (non-hydrogen) atoms. The number of urea groups is 1. The molecule has 144 valence electrons. The Labute approximate surface area is 159 Å². The van der Waals surface area contributed by atoms with Gasteiger partial charge in [-0.2, -0.15) is 0 Å². The monoisotopic (exact) mass is 369 g/mol. The lowest BCUT2D eigenvalue weighted by Crippen LogP contribution is -2.69. The molecule has 1 N–H and O–H groups in total. The summed E-state index contributed by atoms with van der Waals surface area (Å²) in [6, 6.07) is 5.48. The third-order valence-electron chi connectivity index (χ3n) is 6.34. The van der Waals surface area contributed by atoms with Crippen LogP contribution in [0.15, 0.2) is 18.2 Å². The lowest BCUT2D eigenvalue weighted by Gasteiger charge is -2.46. The number of barbiturate groups is 1. The van der Waals surface area contributed by atoms with Crippen LogP contribution < -0.4 is 10.2 Å². The van der Waals surface area contributed by atoms with Gasteiger partial charge < -0.3 is 4.90 Å². The van der Waals surface area contributed by atoms with Crippen molar-refractivity contribution in [1.29, 1.82) is 0 Å². The van der Waals surface area contributed by atoms with Crippen LogP contribution in [0.1, 0.15) is 49.7 Å². The molecule has 1 atom stereocenters. The number of hydrogen-bond donors (Lipinski definition) is 1. The molecule has 0 bridgehead atoms. The van der Waals surface area contributed by atoms with Crippen LogP contribution in [0.2, 0.25) is 0 Å². The average Bonchev–Trinajstić information content (AvgIpc) is 2.89. The van der Waals surface area contributed by atoms with Crippen molar-refractivity contribution in [3.8, 4) is 0 Å². The van der Waals surface area contributed by atoms with Gasteiger partial charge in [0, 0.05) is 25.3 Å². The Morgan fingerprint density at radius 2 is 1.78 bits per heavy atom. The van der Waals surface area contributed by atoms with E-state index in [0.717, 1.165) is 55.3 Å². The van der Waals surface area contributed by atoms with Crippen molar-refractivity contribution >= 4 is 23.5 Å². The predicted octanol–water partition coefficient (Wildman–Crippen LogP) is 2.77. The minimum absolute atomic E-state index is 0.103. The van der Waals surface area contributed by atoms with Crippen molar-refractivity contribution in [1.82, 2.24) is 10.2 Å². The number of rotatable bonds is 1. The van der Waals surface area contributed by atoms with E-state index in [4.69, 9.17) is 0 Å². The van der Waals surface area contributed by atoms with Crippen molar-refractivity contribution in [3.05, 3.63) is 29.3 Å². The number of fused-ring (bicyclic) bond motifs is 1. The number of aryl methyl sites for hydroxylation is 1. The van der Waals surface area contributed by atoms with Gasteiger partial charge in [-0.25, -0.2) is 4.79 Å². The quantitative estimate of drug-likeness (QED) is 0.610. The van der Waals surface area contributed by atoms with Crippen molar-refractivity contribution in [2.45, 2.75) is 57.9 Å². The molecular weight excluding hydrogens is 342 g/mol. The van der Waals surface area contributed by atoms with Crippen LogP contribution in [-0.4, -0.2) is 42.4 Å².